The normalized spacial score (nSPS) is 11.4. The summed E-state index contributed by atoms with van der Waals surface area (Å²) in [4.78, 5) is 8.28. The van der Waals surface area contributed by atoms with Crippen molar-refractivity contribution in [2.24, 2.45) is 0 Å². The maximum absolute atomic E-state index is 5.95. The molecular weight excluding hydrogens is 262 g/mol. The number of nitrogens with zero attached hydrogens (tertiary/aromatic N) is 2. The van der Waals surface area contributed by atoms with Crippen LogP contribution in [-0.2, 0) is 11.8 Å². The van der Waals surface area contributed by atoms with E-state index in [1.807, 2.05) is 18.2 Å². The first-order valence-corrected chi connectivity index (χ1v) is 7.29. The number of rotatable bonds is 4. The Morgan fingerprint density at radius 2 is 1.95 bits per heavy atom. The second-order valence-corrected chi connectivity index (χ2v) is 6.17. The highest BCUT2D eigenvalue weighted by molar-refractivity contribution is 5.46. The van der Waals surface area contributed by atoms with Crippen molar-refractivity contribution in [1.29, 1.82) is 0 Å². The van der Waals surface area contributed by atoms with Crippen LogP contribution in [0.2, 0.25) is 0 Å². The van der Waals surface area contributed by atoms with Crippen LogP contribution in [0.5, 0.6) is 11.6 Å². The van der Waals surface area contributed by atoms with Gasteiger partial charge in [0.05, 0.1) is 5.56 Å². The number of nitrogen functional groups attached to an aromatic ring is 1. The maximum atomic E-state index is 5.95. The van der Waals surface area contributed by atoms with Crippen molar-refractivity contribution < 1.29 is 4.74 Å². The summed E-state index contributed by atoms with van der Waals surface area (Å²) in [6.45, 7) is 8.63. The standard InChI is InChI=1S/C17H23N3O/c1-5-7-14-15(18)19-11-20-16(14)21-13-9-6-8-12(10-13)17(2,3)4/h6,8-11H,5,7H2,1-4H3,(H2,18,19,20). The van der Waals surface area contributed by atoms with Crippen LogP contribution in [0.15, 0.2) is 30.6 Å². The molecule has 0 unspecified atom stereocenters. The van der Waals surface area contributed by atoms with Crippen LogP contribution < -0.4 is 10.5 Å². The molecule has 1 aromatic carbocycles. The lowest BCUT2D eigenvalue weighted by Crippen LogP contribution is -2.10. The van der Waals surface area contributed by atoms with E-state index < -0.39 is 0 Å². The molecule has 4 heteroatoms. The van der Waals surface area contributed by atoms with E-state index in [1.54, 1.807) is 0 Å². The summed E-state index contributed by atoms with van der Waals surface area (Å²) >= 11 is 0. The summed E-state index contributed by atoms with van der Waals surface area (Å²) in [6.07, 6.45) is 3.22. The zero-order chi connectivity index (χ0) is 15.5. The third kappa shape index (κ3) is 3.72. The van der Waals surface area contributed by atoms with Crippen molar-refractivity contribution in [3.8, 4) is 11.6 Å². The first kappa shape index (κ1) is 15.3. The molecule has 112 valence electrons. The molecule has 0 radical (unpaired) electrons. The molecule has 0 aliphatic carbocycles. The third-order valence-corrected chi connectivity index (χ3v) is 3.35. The molecule has 0 atom stereocenters. The van der Waals surface area contributed by atoms with Gasteiger partial charge >= 0.3 is 0 Å². The van der Waals surface area contributed by atoms with E-state index in [0.717, 1.165) is 24.2 Å². The molecular formula is C17H23N3O. The average Bonchev–Trinajstić information content (AvgIpc) is 2.42. The van der Waals surface area contributed by atoms with Crippen LogP contribution in [0.4, 0.5) is 5.82 Å². The first-order chi connectivity index (χ1) is 9.91. The fraction of sp³-hybridized carbons (Fsp3) is 0.412. The van der Waals surface area contributed by atoms with Gasteiger partial charge in [-0.1, -0.05) is 46.2 Å². The van der Waals surface area contributed by atoms with Crippen LogP contribution in [0.3, 0.4) is 0 Å². The van der Waals surface area contributed by atoms with Crippen LogP contribution in [-0.4, -0.2) is 9.97 Å². The Labute approximate surface area is 126 Å². The number of hydrogen-bond acceptors (Lipinski definition) is 4. The number of hydrogen-bond donors (Lipinski definition) is 1. The van der Waals surface area contributed by atoms with Gasteiger partial charge in [0.15, 0.2) is 0 Å². The zero-order valence-electron chi connectivity index (χ0n) is 13.2. The van der Waals surface area contributed by atoms with Crippen molar-refractivity contribution in [1.82, 2.24) is 9.97 Å². The lowest BCUT2D eigenvalue weighted by atomic mass is 9.87. The molecule has 0 amide bonds. The van der Waals surface area contributed by atoms with Crippen molar-refractivity contribution in [3.63, 3.8) is 0 Å². The largest absolute Gasteiger partial charge is 0.439 e. The van der Waals surface area contributed by atoms with Crippen LogP contribution in [0.25, 0.3) is 0 Å². The molecule has 1 heterocycles. The van der Waals surface area contributed by atoms with E-state index in [-0.39, 0.29) is 5.41 Å². The smallest absolute Gasteiger partial charge is 0.227 e. The van der Waals surface area contributed by atoms with Gasteiger partial charge < -0.3 is 10.5 Å². The van der Waals surface area contributed by atoms with E-state index in [2.05, 4.69) is 43.7 Å². The minimum atomic E-state index is 0.0797. The molecule has 21 heavy (non-hydrogen) atoms. The average molecular weight is 285 g/mol. The second-order valence-electron chi connectivity index (χ2n) is 6.17. The highest BCUT2D eigenvalue weighted by Gasteiger charge is 2.15. The Kier molecular flexibility index (Phi) is 4.46. The molecule has 0 aliphatic heterocycles. The predicted molar refractivity (Wildman–Crippen MR) is 85.7 cm³/mol. The summed E-state index contributed by atoms with van der Waals surface area (Å²) in [7, 11) is 0. The van der Waals surface area contributed by atoms with E-state index in [0.29, 0.717) is 11.7 Å². The minimum Gasteiger partial charge on any atom is -0.439 e. The third-order valence-electron chi connectivity index (χ3n) is 3.35. The van der Waals surface area contributed by atoms with Gasteiger partial charge in [0.1, 0.15) is 17.9 Å². The number of ether oxygens (including phenoxy) is 1. The van der Waals surface area contributed by atoms with Crippen LogP contribution in [0.1, 0.15) is 45.2 Å². The van der Waals surface area contributed by atoms with E-state index in [4.69, 9.17) is 10.5 Å². The fourth-order valence-corrected chi connectivity index (χ4v) is 2.12. The predicted octanol–water partition coefficient (Wildman–Crippen LogP) is 4.10. The highest BCUT2D eigenvalue weighted by Crippen LogP contribution is 2.30. The Bertz CT molecular complexity index is 618. The molecule has 0 saturated carbocycles. The van der Waals surface area contributed by atoms with Gasteiger partial charge in [0, 0.05) is 0 Å². The lowest BCUT2D eigenvalue weighted by molar-refractivity contribution is 0.451. The topological polar surface area (TPSA) is 61.0 Å². The number of benzene rings is 1. The Hall–Kier alpha value is -2.10. The summed E-state index contributed by atoms with van der Waals surface area (Å²) in [5.74, 6) is 1.82. The number of aromatic nitrogens is 2. The molecule has 2 N–H and O–H groups in total. The monoisotopic (exact) mass is 285 g/mol. The van der Waals surface area contributed by atoms with Gasteiger partial charge in [-0.05, 0) is 29.5 Å². The van der Waals surface area contributed by atoms with Gasteiger partial charge in [-0.15, -0.1) is 0 Å². The summed E-state index contributed by atoms with van der Waals surface area (Å²) in [5, 5.41) is 0. The highest BCUT2D eigenvalue weighted by atomic mass is 16.5. The van der Waals surface area contributed by atoms with Gasteiger partial charge in [0.25, 0.3) is 0 Å². The Morgan fingerprint density at radius 3 is 2.62 bits per heavy atom. The molecule has 1 aromatic heterocycles. The summed E-state index contributed by atoms with van der Waals surface area (Å²) in [6, 6.07) is 8.09. The summed E-state index contributed by atoms with van der Waals surface area (Å²) in [5.41, 5.74) is 8.11. The minimum absolute atomic E-state index is 0.0797. The van der Waals surface area contributed by atoms with Gasteiger partial charge in [-0.25, -0.2) is 9.97 Å². The van der Waals surface area contributed by atoms with Gasteiger partial charge in [-0.3, -0.25) is 0 Å². The van der Waals surface area contributed by atoms with Crippen LogP contribution in [0, 0.1) is 0 Å². The lowest BCUT2D eigenvalue weighted by Gasteiger charge is -2.20. The van der Waals surface area contributed by atoms with Gasteiger partial charge in [-0.2, -0.15) is 0 Å². The SMILES string of the molecule is CCCc1c(N)ncnc1Oc1cccc(C(C)(C)C)c1. The maximum Gasteiger partial charge on any atom is 0.227 e. The van der Waals surface area contributed by atoms with Crippen molar-refractivity contribution in [2.45, 2.75) is 46.0 Å². The molecule has 4 nitrogen and oxygen atoms in total. The molecule has 0 saturated heterocycles. The molecule has 2 rings (SSSR count). The van der Waals surface area contributed by atoms with Crippen LogP contribution >= 0.6 is 0 Å². The molecule has 0 fully saturated rings. The molecule has 2 aromatic rings. The summed E-state index contributed by atoms with van der Waals surface area (Å²) < 4.78 is 5.95. The van der Waals surface area contributed by atoms with Crippen molar-refractivity contribution >= 4 is 5.82 Å². The second kappa shape index (κ2) is 6.12. The van der Waals surface area contributed by atoms with Gasteiger partial charge in [0.2, 0.25) is 5.88 Å². The molecule has 0 aliphatic rings. The molecule has 0 spiro atoms. The fourth-order valence-electron chi connectivity index (χ4n) is 2.12. The van der Waals surface area contributed by atoms with E-state index in [9.17, 15) is 0 Å². The Balaban J connectivity index is 2.33. The van der Waals surface area contributed by atoms with Crippen molar-refractivity contribution in [2.75, 3.05) is 5.73 Å². The van der Waals surface area contributed by atoms with E-state index >= 15 is 0 Å². The van der Waals surface area contributed by atoms with E-state index in [1.165, 1.54) is 11.9 Å². The number of anilines is 1. The number of nitrogens with two attached hydrogens (primary N) is 1. The zero-order valence-corrected chi connectivity index (χ0v) is 13.2. The quantitative estimate of drug-likeness (QED) is 0.918. The Morgan fingerprint density at radius 1 is 1.19 bits per heavy atom. The molecule has 0 bridgehead atoms. The first-order valence-electron chi connectivity index (χ1n) is 7.29. The van der Waals surface area contributed by atoms with Crippen molar-refractivity contribution in [3.05, 3.63) is 41.7 Å².